The Bertz CT molecular complexity index is 1130. The standard InChI is InChI=1S/C24H30BrN7O/c1-16(33)31-11-13-32(14-12-31)19-5-3-17(4-6-19)23-28-22-21(20(25)15-26-24(22)29-23)27-18-7-9-30(2)10-8-18/h3-6,15,18H,7-14H2,1-2H3,(H2,26,27,28,29). The summed E-state index contributed by atoms with van der Waals surface area (Å²) >= 11 is 3.68. The van der Waals surface area contributed by atoms with Gasteiger partial charge in [-0.2, -0.15) is 0 Å². The zero-order chi connectivity index (χ0) is 22.9. The molecule has 0 unspecified atom stereocenters. The number of anilines is 2. The lowest BCUT2D eigenvalue weighted by Crippen LogP contribution is -2.48. The second kappa shape index (κ2) is 9.30. The van der Waals surface area contributed by atoms with Crippen LogP contribution in [0.15, 0.2) is 34.9 Å². The van der Waals surface area contributed by atoms with E-state index in [2.05, 4.69) is 72.3 Å². The molecular formula is C24H30BrN7O. The second-order valence-corrected chi connectivity index (χ2v) is 9.88. The van der Waals surface area contributed by atoms with Gasteiger partial charge < -0.3 is 25.0 Å². The van der Waals surface area contributed by atoms with Crippen LogP contribution in [0, 0.1) is 0 Å². The monoisotopic (exact) mass is 511 g/mol. The van der Waals surface area contributed by atoms with Crippen LogP contribution < -0.4 is 10.2 Å². The van der Waals surface area contributed by atoms with E-state index in [4.69, 9.17) is 4.98 Å². The first-order chi connectivity index (χ1) is 16.0. The molecule has 2 N–H and O–H groups in total. The molecule has 33 heavy (non-hydrogen) atoms. The van der Waals surface area contributed by atoms with Crippen LogP contribution >= 0.6 is 15.9 Å². The van der Waals surface area contributed by atoms with Crippen LogP contribution in [0.1, 0.15) is 19.8 Å². The molecule has 174 valence electrons. The fraction of sp³-hybridized carbons (Fsp3) is 0.458. The molecule has 2 aliphatic heterocycles. The molecule has 5 rings (SSSR count). The van der Waals surface area contributed by atoms with E-state index in [1.165, 1.54) is 5.69 Å². The quantitative estimate of drug-likeness (QED) is 0.557. The summed E-state index contributed by atoms with van der Waals surface area (Å²) in [4.78, 5) is 31.0. The summed E-state index contributed by atoms with van der Waals surface area (Å²) in [5, 5.41) is 3.72. The van der Waals surface area contributed by atoms with E-state index < -0.39 is 0 Å². The second-order valence-electron chi connectivity index (χ2n) is 9.03. The third kappa shape index (κ3) is 4.70. The Morgan fingerprint density at radius 2 is 1.79 bits per heavy atom. The minimum Gasteiger partial charge on any atom is -0.379 e. The van der Waals surface area contributed by atoms with Crippen LogP contribution in [0.25, 0.3) is 22.6 Å². The van der Waals surface area contributed by atoms with E-state index in [0.717, 1.165) is 79.2 Å². The first-order valence-electron chi connectivity index (χ1n) is 11.6. The number of likely N-dealkylation sites (tertiary alicyclic amines) is 1. The Morgan fingerprint density at radius 3 is 2.45 bits per heavy atom. The van der Waals surface area contributed by atoms with Gasteiger partial charge in [-0.3, -0.25) is 4.79 Å². The number of nitrogens with one attached hydrogen (secondary N) is 2. The van der Waals surface area contributed by atoms with E-state index in [9.17, 15) is 4.79 Å². The number of H-pyrrole nitrogens is 1. The van der Waals surface area contributed by atoms with Gasteiger partial charge in [0.2, 0.25) is 5.91 Å². The summed E-state index contributed by atoms with van der Waals surface area (Å²) < 4.78 is 0.948. The normalized spacial score (nSPS) is 18.2. The number of nitrogens with zero attached hydrogens (tertiary/aromatic N) is 5. The van der Waals surface area contributed by atoms with Crippen molar-refractivity contribution in [3.63, 3.8) is 0 Å². The van der Waals surface area contributed by atoms with Crippen LogP contribution in [-0.4, -0.2) is 83.0 Å². The molecular weight excluding hydrogens is 482 g/mol. The molecule has 1 amide bonds. The molecule has 8 nitrogen and oxygen atoms in total. The Kier molecular flexibility index (Phi) is 6.25. The first-order valence-corrected chi connectivity index (χ1v) is 12.4. The zero-order valence-electron chi connectivity index (χ0n) is 19.1. The van der Waals surface area contributed by atoms with Gasteiger partial charge in [0.05, 0.1) is 10.2 Å². The molecule has 0 radical (unpaired) electrons. The van der Waals surface area contributed by atoms with Gasteiger partial charge in [0, 0.05) is 56.6 Å². The molecule has 0 bridgehead atoms. The molecule has 0 aliphatic carbocycles. The van der Waals surface area contributed by atoms with Crippen molar-refractivity contribution in [2.75, 3.05) is 56.5 Å². The predicted octanol–water partition coefficient (Wildman–Crippen LogP) is 3.56. The maximum Gasteiger partial charge on any atom is 0.219 e. The lowest BCUT2D eigenvalue weighted by Gasteiger charge is -2.35. The Morgan fingerprint density at radius 1 is 1.09 bits per heavy atom. The molecule has 4 heterocycles. The van der Waals surface area contributed by atoms with E-state index in [1.54, 1.807) is 6.92 Å². The van der Waals surface area contributed by atoms with Gasteiger partial charge in [-0.05, 0) is 73.2 Å². The smallest absolute Gasteiger partial charge is 0.219 e. The number of piperidine rings is 1. The van der Waals surface area contributed by atoms with Crippen LogP contribution in [0.3, 0.4) is 0 Å². The van der Waals surface area contributed by atoms with Crippen molar-refractivity contribution < 1.29 is 4.79 Å². The van der Waals surface area contributed by atoms with Gasteiger partial charge in [-0.15, -0.1) is 0 Å². The van der Waals surface area contributed by atoms with Gasteiger partial charge in [-0.1, -0.05) is 0 Å². The van der Waals surface area contributed by atoms with Crippen molar-refractivity contribution >= 4 is 44.4 Å². The van der Waals surface area contributed by atoms with Gasteiger partial charge in [-0.25, -0.2) is 9.97 Å². The number of rotatable bonds is 4. The number of aromatic nitrogens is 3. The van der Waals surface area contributed by atoms with Gasteiger partial charge in [0.25, 0.3) is 0 Å². The summed E-state index contributed by atoms with van der Waals surface area (Å²) in [6.07, 6.45) is 4.07. The number of fused-ring (bicyclic) bond motifs is 1. The fourth-order valence-electron chi connectivity index (χ4n) is 4.68. The number of hydrogen-bond acceptors (Lipinski definition) is 6. The van der Waals surface area contributed by atoms with Gasteiger partial charge >= 0.3 is 0 Å². The number of carbonyl (C=O) groups is 1. The number of imidazole rings is 1. The number of aromatic amines is 1. The van der Waals surface area contributed by atoms with Crippen molar-refractivity contribution in [3.05, 3.63) is 34.9 Å². The number of hydrogen-bond donors (Lipinski definition) is 2. The maximum absolute atomic E-state index is 11.6. The zero-order valence-corrected chi connectivity index (χ0v) is 20.7. The summed E-state index contributed by atoms with van der Waals surface area (Å²) in [7, 11) is 2.18. The molecule has 2 fully saturated rings. The summed E-state index contributed by atoms with van der Waals surface area (Å²) in [6.45, 7) is 7.10. The molecule has 0 atom stereocenters. The SMILES string of the molecule is CC(=O)N1CCN(c2ccc(-c3nc4ncc(Br)c(NC5CCN(C)CC5)c4[nH]3)cc2)CC1. The van der Waals surface area contributed by atoms with Crippen molar-refractivity contribution in [2.24, 2.45) is 0 Å². The first kappa shape index (κ1) is 22.2. The summed E-state index contributed by atoms with van der Waals surface area (Å²) in [6, 6.07) is 8.91. The summed E-state index contributed by atoms with van der Waals surface area (Å²) in [5.74, 6) is 0.967. The van der Waals surface area contributed by atoms with Crippen LogP contribution in [0.4, 0.5) is 11.4 Å². The van der Waals surface area contributed by atoms with Crippen molar-refractivity contribution in [1.29, 1.82) is 0 Å². The Balaban J connectivity index is 1.34. The topological polar surface area (TPSA) is 80.4 Å². The Labute approximate surface area is 202 Å². The van der Waals surface area contributed by atoms with Crippen molar-refractivity contribution in [3.8, 4) is 11.4 Å². The van der Waals surface area contributed by atoms with Crippen LogP contribution in [0.2, 0.25) is 0 Å². The lowest BCUT2D eigenvalue weighted by atomic mass is 10.1. The molecule has 3 aromatic rings. The largest absolute Gasteiger partial charge is 0.379 e. The molecule has 2 aromatic heterocycles. The number of amides is 1. The van der Waals surface area contributed by atoms with Gasteiger partial charge in [0.1, 0.15) is 11.3 Å². The third-order valence-electron chi connectivity index (χ3n) is 6.77. The van der Waals surface area contributed by atoms with E-state index in [1.807, 2.05) is 11.1 Å². The van der Waals surface area contributed by atoms with Crippen molar-refractivity contribution in [2.45, 2.75) is 25.8 Å². The maximum atomic E-state index is 11.6. The minimum atomic E-state index is 0.153. The highest BCUT2D eigenvalue weighted by atomic mass is 79.9. The Hall–Kier alpha value is -2.65. The number of piperazine rings is 1. The highest BCUT2D eigenvalue weighted by Gasteiger charge is 2.21. The minimum absolute atomic E-state index is 0.153. The van der Waals surface area contributed by atoms with E-state index in [0.29, 0.717) is 11.7 Å². The number of pyridine rings is 1. The van der Waals surface area contributed by atoms with E-state index >= 15 is 0 Å². The van der Waals surface area contributed by atoms with Crippen LogP contribution in [0.5, 0.6) is 0 Å². The van der Waals surface area contributed by atoms with E-state index in [-0.39, 0.29) is 5.91 Å². The highest BCUT2D eigenvalue weighted by molar-refractivity contribution is 9.10. The highest BCUT2D eigenvalue weighted by Crippen LogP contribution is 2.32. The van der Waals surface area contributed by atoms with Gasteiger partial charge in [0.15, 0.2) is 5.65 Å². The molecule has 1 aromatic carbocycles. The third-order valence-corrected chi connectivity index (χ3v) is 7.37. The number of carbonyl (C=O) groups excluding carboxylic acids is 1. The molecule has 2 aliphatic rings. The fourth-order valence-corrected chi connectivity index (χ4v) is 5.09. The molecule has 0 spiro atoms. The van der Waals surface area contributed by atoms with Crippen molar-refractivity contribution in [1.82, 2.24) is 24.8 Å². The predicted molar refractivity (Wildman–Crippen MR) is 136 cm³/mol. The molecule has 2 saturated heterocycles. The lowest BCUT2D eigenvalue weighted by molar-refractivity contribution is -0.129. The number of benzene rings is 1. The average Bonchev–Trinajstić information content (AvgIpc) is 3.27. The molecule has 9 heteroatoms. The van der Waals surface area contributed by atoms with Crippen LogP contribution in [-0.2, 0) is 4.79 Å². The number of halogens is 1. The summed E-state index contributed by atoms with van der Waals surface area (Å²) in [5.41, 5.74) is 4.88. The molecule has 0 saturated carbocycles. The average molecular weight is 512 g/mol.